The van der Waals surface area contributed by atoms with Crippen LogP contribution in [0.25, 0.3) is 0 Å². The molecule has 0 saturated carbocycles. The van der Waals surface area contributed by atoms with Crippen molar-refractivity contribution < 1.29 is 5.21 Å². The molecule has 0 aromatic rings. The highest BCUT2D eigenvalue weighted by atomic mass is 16.4. The Morgan fingerprint density at radius 2 is 2.38 bits per heavy atom. The Kier molecular flexibility index (Phi) is 5.02. The van der Waals surface area contributed by atoms with Crippen molar-refractivity contribution in [2.45, 2.75) is 26.3 Å². The first-order chi connectivity index (χ1) is 7.54. The minimum absolute atomic E-state index is 0.0804. The molecule has 0 radical (unpaired) electrons. The van der Waals surface area contributed by atoms with Gasteiger partial charge in [-0.25, -0.2) is 0 Å². The molecule has 0 aliphatic carbocycles. The molecule has 1 rings (SSSR count). The van der Waals surface area contributed by atoms with E-state index in [2.05, 4.69) is 29.3 Å². The fourth-order valence-corrected chi connectivity index (χ4v) is 2.19. The van der Waals surface area contributed by atoms with Crippen LogP contribution in [0.2, 0.25) is 0 Å². The number of nitrogens with zero attached hydrogens (tertiary/aromatic N) is 2. The van der Waals surface area contributed by atoms with E-state index in [0.29, 0.717) is 17.8 Å². The molecule has 4 N–H and O–H groups in total. The van der Waals surface area contributed by atoms with Crippen LogP contribution < -0.4 is 11.1 Å². The summed E-state index contributed by atoms with van der Waals surface area (Å²) in [4.78, 5) is 2.36. The number of piperidine rings is 1. The highest BCUT2D eigenvalue weighted by Gasteiger charge is 2.24. The van der Waals surface area contributed by atoms with Crippen LogP contribution in [0.1, 0.15) is 20.3 Å². The third kappa shape index (κ3) is 3.64. The minimum Gasteiger partial charge on any atom is -0.409 e. The summed E-state index contributed by atoms with van der Waals surface area (Å²) in [5.41, 5.74) is 5.54. The summed E-state index contributed by atoms with van der Waals surface area (Å²) in [6, 6.07) is 0.546. The maximum absolute atomic E-state index is 8.56. The lowest BCUT2D eigenvalue weighted by atomic mass is 9.93. The molecule has 5 nitrogen and oxygen atoms in total. The minimum atomic E-state index is 0.0804. The Morgan fingerprint density at radius 3 is 2.94 bits per heavy atom. The van der Waals surface area contributed by atoms with Gasteiger partial charge < -0.3 is 21.2 Å². The zero-order valence-electron chi connectivity index (χ0n) is 10.5. The number of amidine groups is 1. The number of rotatable bonds is 4. The second-order valence-corrected chi connectivity index (χ2v) is 4.97. The average Bonchev–Trinajstić information content (AvgIpc) is 2.26. The molecule has 3 unspecified atom stereocenters. The molecule has 1 aliphatic rings. The molecule has 94 valence electrons. The van der Waals surface area contributed by atoms with Gasteiger partial charge in [-0.2, -0.15) is 0 Å². The Labute approximate surface area is 97.7 Å². The monoisotopic (exact) mass is 228 g/mol. The number of likely N-dealkylation sites (tertiary alicyclic amines) is 1. The predicted octanol–water partition coefficient (Wildman–Crippen LogP) is 0.299. The van der Waals surface area contributed by atoms with E-state index in [1.807, 2.05) is 6.92 Å². The van der Waals surface area contributed by atoms with Gasteiger partial charge in [0, 0.05) is 25.0 Å². The summed E-state index contributed by atoms with van der Waals surface area (Å²) in [7, 11) is 2.16. The van der Waals surface area contributed by atoms with Crippen LogP contribution in [-0.4, -0.2) is 48.7 Å². The molecule has 0 aromatic heterocycles. The molecule has 0 spiro atoms. The largest absolute Gasteiger partial charge is 0.409 e. The van der Waals surface area contributed by atoms with Crippen molar-refractivity contribution >= 4 is 5.84 Å². The van der Waals surface area contributed by atoms with Crippen LogP contribution in [0.4, 0.5) is 0 Å². The summed E-state index contributed by atoms with van der Waals surface area (Å²) in [5, 5.41) is 15.1. The van der Waals surface area contributed by atoms with Gasteiger partial charge in [0.05, 0.1) is 0 Å². The third-order valence-corrected chi connectivity index (χ3v) is 3.41. The number of hydrogen-bond acceptors (Lipinski definition) is 4. The molecule has 1 heterocycles. The van der Waals surface area contributed by atoms with Gasteiger partial charge in [0.2, 0.25) is 0 Å². The molecule has 1 saturated heterocycles. The number of nitrogens with one attached hydrogen (secondary N) is 1. The Bertz CT molecular complexity index is 244. The highest BCUT2D eigenvalue weighted by molar-refractivity contribution is 5.82. The van der Waals surface area contributed by atoms with Crippen molar-refractivity contribution in [2.24, 2.45) is 22.7 Å². The van der Waals surface area contributed by atoms with Crippen LogP contribution in [0.5, 0.6) is 0 Å². The van der Waals surface area contributed by atoms with Crippen molar-refractivity contribution in [1.82, 2.24) is 10.2 Å². The van der Waals surface area contributed by atoms with Gasteiger partial charge in [-0.15, -0.1) is 0 Å². The molecule has 0 bridgehead atoms. The van der Waals surface area contributed by atoms with Gasteiger partial charge in [0.15, 0.2) is 0 Å². The van der Waals surface area contributed by atoms with Crippen LogP contribution in [0, 0.1) is 11.8 Å². The van der Waals surface area contributed by atoms with Gasteiger partial charge in [-0.05, 0) is 25.9 Å². The summed E-state index contributed by atoms with van der Waals surface area (Å²) >= 11 is 0. The van der Waals surface area contributed by atoms with Crippen LogP contribution in [-0.2, 0) is 0 Å². The Hall–Kier alpha value is -0.810. The quantitative estimate of drug-likeness (QED) is 0.280. The topological polar surface area (TPSA) is 73.9 Å². The second-order valence-electron chi connectivity index (χ2n) is 4.97. The van der Waals surface area contributed by atoms with E-state index < -0.39 is 0 Å². The van der Waals surface area contributed by atoms with Gasteiger partial charge >= 0.3 is 0 Å². The molecule has 16 heavy (non-hydrogen) atoms. The zero-order chi connectivity index (χ0) is 12.1. The Morgan fingerprint density at radius 1 is 1.69 bits per heavy atom. The lowest BCUT2D eigenvalue weighted by Crippen LogP contribution is -2.48. The first-order valence-corrected chi connectivity index (χ1v) is 5.94. The standard InChI is InChI=1S/C11H24N4O/c1-8(11(12)14-16)6-13-10-4-5-15(3)7-9(10)2/h8-10,13,16H,4-7H2,1-3H3,(H2,12,14). The SMILES string of the molecule is CC(CNC1CCN(C)CC1C)C(N)=NO. The average molecular weight is 228 g/mol. The van der Waals surface area contributed by atoms with E-state index in [0.717, 1.165) is 19.6 Å². The molecule has 1 fully saturated rings. The number of nitrogens with two attached hydrogens (primary N) is 1. The Balaban J connectivity index is 2.32. The number of hydrogen-bond donors (Lipinski definition) is 3. The van der Waals surface area contributed by atoms with Gasteiger partial charge in [-0.3, -0.25) is 0 Å². The molecule has 1 aliphatic heterocycles. The van der Waals surface area contributed by atoms with Gasteiger partial charge in [-0.1, -0.05) is 19.0 Å². The fourth-order valence-electron chi connectivity index (χ4n) is 2.19. The summed E-state index contributed by atoms with van der Waals surface area (Å²) in [6.07, 6.45) is 1.17. The van der Waals surface area contributed by atoms with Crippen LogP contribution in [0.3, 0.4) is 0 Å². The summed E-state index contributed by atoms with van der Waals surface area (Å²) in [5.74, 6) is 1.03. The van der Waals surface area contributed by atoms with Crippen molar-refractivity contribution in [3.63, 3.8) is 0 Å². The molecule has 5 heteroatoms. The molecule has 0 amide bonds. The van der Waals surface area contributed by atoms with Gasteiger partial charge in [0.1, 0.15) is 5.84 Å². The number of oxime groups is 1. The van der Waals surface area contributed by atoms with E-state index in [4.69, 9.17) is 10.9 Å². The zero-order valence-corrected chi connectivity index (χ0v) is 10.5. The van der Waals surface area contributed by atoms with Crippen LogP contribution in [0.15, 0.2) is 5.16 Å². The van der Waals surface area contributed by atoms with Crippen molar-refractivity contribution in [3.8, 4) is 0 Å². The van der Waals surface area contributed by atoms with Gasteiger partial charge in [0.25, 0.3) is 0 Å². The second kappa shape index (κ2) is 6.06. The third-order valence-electron chi connectivity index (χ3n) is 3.41. The predicted molar refractivity (Wildman–Crippen MR) is 65.6 cm³/mol. The highest BCUT2D eigenvalue weighted by Crippen LogP contribution is 2.15. The fraction of sp³-hybridized carbons (Fsp3) is 0.909. The van der Waals surface area contributed by atoms with Crippen molar-refractivity contribution in [2.75, 3.05) is 26.7 Å². The van der Waals surface area contributed by atoms with E-state index in [-0.39, 0.29) is 5.92 Å². The molecular formula is C11H24N4O. The normalized spacial score (nSPS) is 30.3. The molecule has 3 atom stereocenters. The first-order valence-electron chi connectivity index (χ1n) is 5.94. The maximum Gasteiger partial charge on any atom is 0.143 e. The lowest BCUT2D eigenvalue weighted by Gasteiger charge is -2.35. The molecule has 0 aromatic carbocycles. The van der Waals surface area contributed by atoms with Crippen molar-refractivity contribution in [1.29, 1.82) is 0 Å². The maximum atomic E-state index is 8.56. The smallest absolute Gasteiger partial charge is 0.143 e. The van der Waals surface area contributed by atoms with E-state index >= 15 is 0 Å². The summed E-state index contributed by atoms with van der Waals surface area (Å²) in [6.45, 7) is 7.27. The van der Waals surface area contributed by atoms with E-state index in [9.17, 15) is 0 Å². The van der Waals surface area contributed by atoms with Crippen molar-refractivity contribution in [3.05, 3.63) is 0 Å². The molecular weight excluding hydrogens is 204 g/mol. The van der Waals surface area contributed by atoms with E-state index in [1.165, 1.54) is 6.42 Å². The lowest BCUT2D eigenvalue weighted by molar-refractivity contribution is 0.174. The van der Waals surface area contributed by atoms with E-state index in [1.54, 1.807) is 0 Å². The summed E-state index contributed by atoms with van der Waals surface area (Å²) < 4.78 is 0. The first kappa shape index (κ1) is 13.3. The van der Waals surface area contributed by atoms with Crippen LogP contribution >= 0.6 is 0 Å².